The van der Waals surface area contributed by atoms with E-state index in [9.17, 15) is 14.4 Å². The number of nitrogens with zero attached hydrogens (tertiary/aromatic N) is 2. The maximum absolute atomic E-state index is 12.8. The van der Waals surface area contributed by atoms with Crippen molar-refractivity contribution < 1.29 is 23.9 Å². The highest BCUT2D eigenvalue weighted by Crippen LogP contribution is 2.34. The zero-order valence-corrected chi connectivity index (χ0v) is 18.6. The van der Waals surface area contributed by atoms with Crippen LogP contribution in [0.4, 0.5) is 4.79 Å². The minimum atomic E-state index is -0.463. The number of imide groups is 1. The molecule has 0 spiro atoms. The van der Waals surface area contributed by atoms with Gasteiger partial charge in [-0.05, 0) is 36.4 Å². The molecule has 2 aliphatic rings. The molecule has 2 aromatic rings. The van der Waals surface area contributed by atoms with E-state index in [-0.39, 0.29) is 17.4 Å². The maximum Gasteiger partial charge on any atom is 0.294 e. The summed E-state index contributed by atoms with van der Waals surface area (Å²) < 4.78 is 11.2. The van der Waals surface area contributed by atoms with Gasteiger partial charge in [-0.1, -0.05) is 48.0 Å². The van der Waals surface area contributed by atoms with Gasteiger partial charge in [-0.2, -0.15) is 0 Å². The minimum absolute atomic E-state index is 0.251. The van der Waals surface area contributed by atoms with Crippen molar-refractivity contribution in [3.8, 4) is 5.75 Å². The van der Waals surface area contributed by atoms with Crippen LogP contribution in [0.25, 0.3) is 6.08 Å². The summed E-state index contributed by atoms with van der Waals surface area (Å²) in [7, 11) is 0. The van der Waals surface area contributed by atoms with E-state index in [4.69, 9.17) is 9.47 Å². The number of aryl methyl sites for hydroxylation is 1. The fourth-order valence-electron chi connectivity index (χ4n) is 3.52. The average Bonchev–Trinajstić information content (AvgIpc) is 3.06. The average molecular weight is 453 g/mol. The Morgan fingerprint density at radius 1 is 1.12 bits per heavy atom. The lowest BCUT2D eigenvalue weighted by molar-refractivity contribution is -0.139. The van der Waals surface area contributed by atoms with Crippen molar-refractivity contribution >= 4 is 34.9 Å². The number of ether oxygens (including phenoxy) is 2. The van der Waals surface area contributed by atoms with Gasteiger partial charge in [0.15, 0.2) is 0 Å². The summed E-state index contributed by atoms with van der Waals surface area (Å²) in [6, 6.07) is 15.4. The first-order chi connectivity index (χ1) is 15.5. The van der Waals surface area contributed by atoms with Crippen LogP contribution in [0.2, 0.25) is 0 Å². The van der Waals surface area contributed by atoms with Crippen molar-refractivity contribution in [2.75, 3.05) is 32.8 Å². The van der Waals surface area contributed by atoms with E-state index in [1.165, 1.54) is 0 Å². The molecule has 0 N–H and O–H groups in total. The van der Waals surface area contributed by atoms with Gasteiger partial charge in [0.2, 0.25) is 5.91 Å². The molecule has 0 radical (unpaired) electrons. The SMILES string of the molecule is Cc1cccc(COc2ccccc2/C=C2\SC(=O)N(CC(=O)N3CCOCC3)C2=O)c1. The molecular formula is C24H24N2O5S. The molecule has 8 heteroatoms. The Morgan fingerprint density at radius 2 is 1.91 bits per heavy atom. The van der Waals surface area contributed by atoms with Crippen LogP contribution in [-0.4, -0.2) is 59.7 Å². The van der Waals surface area contributed by atoms with Crippen molar-refractivity contribution in [2.45, 2.75) is 13.5 Å². The molecule has 0 aromatic heterocycles. The maximum atomic E-state index is 12.8. The van der Waals surface area contributed by atoms with E-state index in [1.807, 2.05) is 49.4 Å². The van der Waals surface area contributed by atoms with Gasteiger partial charge in [0.25, 0.3) is 11.1 Å². The number of rotatable bonds is 6. The zero-order valence-electron chi connectivity index (χ0n) is 17.8. The Bertz CT molecular complexity index is 1060. The van der Waals surface area contributed by atoms with Crippen LogP contribution in [0.1, 0.15) is 16.7 Å². The van der Waals surface area contributed by atoms with E-state index < -0.39 is 11.1 Å². The Labute approximate surface area is 191 Å². The molecule has 0 unspecified atom stereocenters. The van der Waals surface area contributed by atoms with Gasteiger partial charge >= 0.3 is 0 Å². The van der Waals surface area contributed by atoms with Crippen molar-refractivity contribution in [2.24, 2.45) is 0 Å². The van der Waals surface area contributed by atoms with Gasteiger partial charge in [0.05, 0.1) is 18.1 Å². The molecule has 2 aliphatic heterocycles. The molecule has 4 rings (SSSR count). The molecule has 0 atom stereocenters. The molecule has 0 saturated carbocycles. The fraction of sp³-hybridized carbons (Fsp3) is 0.292. The number of carbonyl (C=O) groups is 3. The number of hydrogen-bond acceptors (Lipinski definition) is 6. The Balaban J connectivity index is 1.46. The first-order valence-electron chi connectivity index (χ1n) is 10.4. The summed E-state index contributed by atoms with van der Waals surface area (Å²) in [6.07, 6.45) is 1.65. The lowest BCUT2D eigenvalue weighted by atomic mass is 10.1. The Hall–Kier alpha value is -3.10. The van der Waals surface area contributed by atoms with Crippen molar-refractivity contribution in [1.29, 1.82) is 0 Å². The number of amides is 3. The van der Waals surface area contributed by atoms with Gasteiger partial charge in [0.1, 0.15) is 18.9 Å². The first kappa shape index (κ1) is 22.1. The molecule has 166 valence electrons. The van der Waals surface area contributed by atoms with E-state index in [1.54, 1.807) is 11.0 Å². The molecule has 0 aliphatic carbocycles. The molecule has 32 heavy (non-hydrogen) atoms. The Kier molecular flexibility index (Phi) is 6.92. The standard InChI is InChI=1S/C24H24N2O5S/c1-17-5-4-6-18(13-17)16-31-20-8-3-2-7-19(20)14-21-23(28)26(24(29)32-21)15-22(27)25-9-11-30-12-10-25/h2-8,13-14H,9-12,15-16H2,1H3/b21-14-. The predicted molar refractivity (Wildman–Crippen MR) is 122 cm³/mol. The highest BCUT2D eigenvalue weighted by Gasteiger charge is 2.37. The third-order valence-corrected chi connectivity index (χ3v) is 6.12. The molecule has 7 nitrogen and oxygen atoms in total. The lowest BCUT2D eigenvalue weighted by Crippen LogP contribution is -2.46. The van der Waals surface area contributed by atoms with E-state index in [2.05, 4.69) is 6.07 Å². The number of benzene rings is 2. The summed E-state index contributed by atoms with van der Waals surface area (Å²) in [4.78, 5) is 40.7. The van der Waals surface area contributed by atoms with Crippen LogP contribution in [0, 0.1) is 6.92 Å². The van der Waals surface area contributed by atoms with Gasteiger partial charge in [-0.15, -0.1) is 0 Å². The van der Waals surface area contributed by atoms with Crippen molar-refractivity contribution in [1.82, 2.24) is 9.80 Å². The van der Waals surface area contributed by atoms with Gasteiger partial charge in [0, 0.05) is 18.7 Å². The first-order valence-corrected chi connectivity index (χ1v) is 11.2. The zero-order chi connectivity index (χ0) is 22.5. The second-order valence-electron chi connectivity index (χ2n) is 7.58. The predicted octanol–water partition coefficient (Wildman–Crippen LogP) is 3.47. The summed E-state index contributed by atoms with van der Waals surface area (Å²) in [5.74, 6) is -0.0981. The van der Waals surface area contributed by atoms with E-state index >= 15 is 0 Å². The van der Waals surface area contributed by atoms with Gasteiger partial charge in [-0.3, -0.25) is 19.3 Å². The van der Waals surface area contributed by atoms with Crippen LogP contribution in [0.3, 0.4) is 0 Å². The molecule has 2 heterocycles. The highest BCUT2D eigenvalue weighted by atomic mass is 32.2. The van der Waals surface area contributed by atoms with Gasteiger partial charge in [-0.25, -0.2) is 0 Å². The van der Waals surface area contributed by atoms with Crippen LogP contribution >= 0.6 is 11.8 Å². The molecule has 0 bridgehead atoms. The smallest absolute Gasteiger partial charge is 0.294 e. The number of hydrogen-bond donors (Lipinski definition) is 0. The van der Waals surface area contributed by atoms with E-state index in [0.717, 1.165) is 27.8 Å². The Morgan fingerprint density at radius 3 is 2.69 bits per heavy atom. The summed E-state index contributed by atoms with van der Waals surface area (Å²) in [6.45, 7) is 4.03. The normalized spacial score (nSPS) is 17.8. The monoisotopic (exact) mass is 452 g/mol. The number of carbonyl (C=O) groups excluding carboxylic acids is 3. The quantitative estimate of drug-likeness (QED) is 0.625. The molecule has 3 amide bonds. The summed E-state index contributed by atoms with van der Waals surface area (Å²) in [5, 5.41) is -0.444. The highest BCUT2D eigenvalue weighted by molar-refractivity contribution is 8.18. The summed E-state index contributed by atoms with van der Waals surface area (Å²) in [5.41, 5.74) is 2.89. The second kappa shape index (κ2) is 10.0. The van der Waals surface area contributed by atoms with Crippen LogP contribution in [0.5, 0.6) is 5.75 Å². The van der Waals surface area contributed by atoms with Crippen LogP contribution in [0.15, 0.2) is 53.4 Å². The third kappa shape index (κ3) is 5.20. The third-order valence-electron chi connectivity index (χ3n) is 5.21. The van der Waals surface area contributed by atoms with E-state index in [0.29, 0.717) is 44.2 Å². The second-order valence-corrected chi connectivity index (χ2v) is 8.57. The molecule has 2 fully saturated rings. The lowest BCUT2D eigenvalue weighted by Gasteiger charge is -2.28. The molecule has 2 aromatic carbocycles. The topological polar surface area (TPSA) is 76.2 Å². The number of thioether (sulfide) groups is 1. The van der Waals surface area contributed by atoms with Gasteiger partial charge < -0.3 is 14.4 Å². The van der Waals surface area contributed by atoms with Crippen molar-refractivity contribution in [3.63, 3.8) is 0 Å². The number of morpholine rings is 1. The number of para-hydroxylation sites is 1. The molecule has 2 saturated heterocycles. The minimum Gasteiger partial charge on any atom is -0.488 e. The van der Waals surface area contributed by atoms with Crippen molar-refractivity contribution in [3.05, 3.63) is 70.1 Å². The summed E-state index contributed by atoms with van der Waals surface area (Å²) >= 11 is 0.838. The largest absolute Gasteiger partial charge is 0.488 e. The fourth-order valence-corrected chi connectivity index (χ4v) is 4.35. The van der Waals surface area contributed by atoms with Crippen LogP contribution in [-0.2, 0) is 20.9 Å². The molecular weight excluding hydrogens is 428 g/mol. The van der Waals surface area contributed by atoms with Crippen LogP contribution < -0.4 is 4.74 Å².